The predicted octanol–water partition coefficient (Wildman–Crippen LogP) is 1.62. The first-order valence-corrected chi connectivity index (χ1v) is 4.59. The number of alkyl halides is 3. The molecule has 0 aliphatic carbocycles. The molecule has 1 aromatic heterocycles. The Balaban J connectivity index is 2.56. The van der Waals surface area contributed by atoms with Gasteiger partial charge in [-0.25, -0.2) is 0 Å². The minimum Gasteiger partial charge on any atom is -0.396 e. The lowest BCUT2D eigenvalue weighted by atomic mass is 10.1. The van der Waals surface area contributed by atoms with Gasteiger partial charge in [-0.05, 0) is 17.9 Å². The highest BCUT2D eigenvalue weighted by atomic mass is 19.4. The smallest absolute Gasteiger partial charge is 0.396 e. The van der Waals surface area contributed by atoms with Gasteiger partial charge in [0, 0.05) is 12.8 Å². The molecule has 0 amide bonds. The van der Waals surface area contributed by atoms with Gasteiger partial charge < -0.3 is 5.11 Å². The fourth-order valence-corrected chi connectivity index (χ4v) is 1.25. The molecule has 0 unspecified atom stereocenters. The molecule has 0 aromatic carbocycles. The van der Waals surface area contributed by atoms with Crippen molar-refractivity contribution < 1.29 is 18.3 Å². The van der Waals surface area contributed by atoms with Gasteiger partial charge in [0.1, 0.15) is 6.54 Å². The molecule has 0 saturated carbocycles. The van der Waals surface area contributed by atoms with Crippen LogP contribution >= 0.6 is 0 Å². The maximum atomic E-state index is 12.0. The van der Waals surface area contributed by atoms with E-state index in [1.165, 1.54) is 12.4 Å². The lowest BCUT2D eigenvalue weighted by Gasteiger charge is -2.06. The minimum atomic E-state index is -4.24. The summed E-state index contributed by atoms with van der Waals surface area (Å²) in [5, 5.41) is 12.4. The maximum Gasteiger partial charge on any atom is 0.408 e. The number of aromatic nitrogens is 2. The molecule has 0 aliphatic heterocycles. The average molecular weight is 222 g/mol. The van der Waals surface area contributed by atoms with Crippen LogP contribution in [-0.2, 0) is 13.0 Å². The zero-order chi connectivity index (χ0) is 11.5. The summed E-state index contributed by atoms with van der Waals surface area (Å²) < 4.78 is 36.8. The van der Waals surface area contributed by atoms with Gasteiger partial charge >= 0.3 is 6.18 Å². The second kappa shape index (κ2) is 4.65. The van der Waals surface area contributed by atoms with E-state index in [0.29, 0.717) is 12.0 Å². The van der Waals surface area contributed by atoms with Crippen LogP contribution in [0.1, 0.15) is 12.5 Å². The van der Waals surface area contributed by atoms with E-state index in [1.807, 2.05) is 6.92 Å². The predicted molar refractivity (Wildman–Crippen MR) is 48.2 cm³/mol. The third-order valence-corrected chi connectivity index (χ3v) is 1.92. The maximum absolute atomic E-state index is 12.0. The van der Waals surface area contributed by atoms with Crippen LogP contribution in [0.3, 0.4) is 0 Å². The largest absolute Gasteiger partial charge is 0.408 e. The fraction of sp³-hybridized carbons (Fsp3) is 0.667. The van der Waals surface area contributed by atoms with Crippen LogP contribution in [0, 0.1) is 5.92 Å². The van der Waals surface area contributed by atoms with Crippen molar-refractivity contribution in [2.24, 2.45) is 5.92 Å². The van der Waals surface area contributed by atoms with Gasteiger partial charge in [-0.2, -0.15) is 18.3 Å². The first-order valence-electron chi connectivity index (χ1n) is 4.59. The summed E-state index contributed by atoms with van der Waals surface area (Å²) >= 11 is 0. The molecule has 1 atom stereocenters. The lowest BCUT2D eigenvalue weighted by molar-refractivity contribution is -0.142. The van der Waals surface area contributed by atoms with Gasteiger partial charge in [0.25, 0.3) is 0 Å². The molecule has 0 radical (unpaired) electrons. The van der Waals surface area contributed by atoms with Crippen LogP contribution < -0.4 is 0 Å². The summed E-state index contributed by atoms with van der Waals surface area (Å²) in [5.41, 5.74) is 0.709. The molecule has 1 rings (SSSR count). The highest BCUT2D eigenvalue weighted by molar-refractivity contribution is 5.04. The van der Waals surface area contributed by atoms with Crippen molar-refractivity contribution in [3.8, 4) is 0 Å². The highest BCUT2D eigenvalue weighted by Gasteiger charge is 2.28. The van der Waals surface area contributed by atoms with E-state index in [2.05, 4.69) is 5.10 Å². The van der Waals surface area contributed by atoms with Crippen molar-refractivity contribution in [1.82, 2.24) is 9.78 Å². The van der Waals surface area contributed by atoms with Crippen molar-refractivity contribution in [1.29, 1.82) is 0 Å². The quantitative estimate of drug-likeness (QED) is 0.840. The Hall–Kier alpha value is -1.04. The highest BCUT2D eigenvalue weighted by Crippen LogP contribution is 2.17. The van der Waals surface area contributed by atoms with Crippen molar-refractivity contribution in [3.05, 3.63) is 18.0 Å². The molecule has 0 bridgehead atoms. The second-order valence-electron chi connectivity index (χ2n) is 3.65. The fourth-order valence-electron chi connectivity index (χ4n) is 1.25. The molecule has 6 heteroatoms. The van der Waals surface area contributed by atoms with E-state index in [9.17, 15) is 13.2 Å². The molecular weight excluding hydrogens is 209 g/mol. The van der Waals surface area contributed by atoms with Gasteiger partial charge in [0.05, 0.1) is 6.20 Å². The van der Waals surface area contributed by atoms with Gasteiger partial charge in [-0.3, -0.25) is 4.68 Å². The summed E-state index contributed by atoms with van der Waals surface area (Å²) in [6.07, 6.45) is -0.947. The Morgan fingerprint density at radius 1 is 1.53 bits per heavy atom. The molecule has 1 aromatic rings. The standard InChI is InChI=1S/C9H13F3N2O/c1-7(5-15)2-8-3-13-14(4-8)6-9(10,11)12/h3-4,7,15H,2,5-6H2,1H3/t7-/m1/s1. The first kappa shape index (κ1) is 12.0. The molecule has 0 spiro atoms. The van der Waals surface area contributed by atoms with Gasteiger partial charge in [-0.1, -0.05) is 6.92 Å². The second-order valence-corrected chi connectivity index (χ2v) is 3.65. The molecule has 3 nitrogen and oxygen atoms in total. The SMILES string of the molecule is C[C@@H](CO)Cc1cnn(CC(F)(F)F)c1. The molecular formula is C9H13F3N2O. The zero-order valence-electron chi connectivity index (χ0n) is 8.33. The van der Waals surface area contributed by atoms with E-state index < -0.39 is 12.7 Å². The van der Waals surface area contributed by atoms with Gasteiger partial charge in [0.2, 0.25) is 0 Å². The third kappa shape index (κ3) is 4.33. The molecule has 0 aliphatic rings. The number of aliphatic hydroxyl groups excluding tert-OH is 1. The van der Waals surface area contributed by atoms with Crippen molar-refractivity contribution in [2.45, 2.75) is 26.1 Å². The van der Waals surface area contributed by atoms with Crippen molar-refractivity contribution in [2.75, 3.05) is 6.61 Å². The number of nitrogens with zero attached hydrogens (tertiary/aromatic N) is 2. The Labute approximate surface area is 85.5 Å². The Morgan fingerprint density at radius 2 is 2.20 bits per heavy atom. The van der Waals surface area contributed by atoms with Crippen LogP contribution in [0.15, 0.2) is 12.4 Å². The van der Waals surface area contributed by atoms with E-state index in [-0.39, 0.29) is 12.5 Å². The van der Waals surface area contributed by atoms with Crippen LogP contribution in [0.2, 0.25) is 0 Å². The van der Waals surface area contributed by atoms with Gasteiger partial charge in [-0.15, -0.1) is 0 Å². The molecule has 0 saturated heterocycles. The average Bonchev–Trinajstić information content (AvgIpc) is 2.49. The zero-order valence-corrected chi connectivity index (χ0v) is 8.33. The number of halogens is 3. The number of aliphatic hydroxyl groups is 1. The monoisotopic (exact) mass is 222 g/mol. The van der Waals surface area contributed by atoms with E-state index >= 15 is 0 Å². The van der Waals surface area contributed by atoms with E-state index in [0.717, 1.165) is 4.68 Å². The molecule has 15 heavy (non-hydrogen) atoms. The summed E-state index contributed by atoms with van der Waals surface area (Å²) in [6, 6.07) is 0. The Kier molecular flexibility index (Phi) is 3.73. The first-order chi connectivity index (χ1) is 6.90. The number of hydrogen-bond acceptors (Lipinski definition) is 2. The van der Waals surface area contributed by atoms with Crippen molar-refractivity contribution in [3.63, 3.8) is 0 Å². The summed E-state index contributed by atoms with van der Waals surface area (Å²) in [7, 11) is 0. The topological polar surface area (TPSA) is 38.1 Å². The van der Waals surface area contributed by atoms with E-state index in [4.69, 9.17) is 5.11 Å². The number of hydrogen-bond donors (Lipinski definition) is 1. The third-order valence-electron chi connectivity index (χ3n) is 1.92. The van der Waals surface area contributed by atoms with E-state index in [1.54, 1.807) is 0 Å². The number of rotatable bonds is 4. The summed E-state index contributed by atoms with van der Waals surface area (Å²) in [4.78, 5) is 0. The molecule has 1 N–H and O–H groups in total. The van der Waals surface area contributed by atoms with Crippen LogP contribution in [-0.4, -0.2) is 27.7 Å². The minimum absolute atomic E-state index is 0.0183. The molecule has 1 heterocycles. The molecule has 86 valence electrons. The van der Waals surface area contributed by atoms with Gasteiger partial charge in [0.15, 0.2) is 0 Å². The summed E-state index contributed by atoms with van der Waals surface area (Å²) in [6.45, 7) is 0.770. The molecule has 0 fully saturated rings. The van der Waals surface area contributed by atoms with Crippen LogP contribution in [0.5, 0.6) is 0 Å². The lowest BCUT2D eigenvalue weighted by Crippen LogP contribution is -2.17. The van der Waals surface area contributed by atoms with Crippen LogP contribution in [0.25, 0.3) is 0 Å². The van der Waals surface area contributed by atoms with Crippen molar-refractivity contribution >= 4 is 0 Å². The van der Waals surface area contributed by atoms with Crippen LogP contribution in [0.4, 0.5) is 13.2 Å². The normalized spacial score (nSPS) is 14.2. The Morgan fingerprint density at radius 3 is 2.73 bits per heavy atom. The Bertz CT molecular complexity index is 309. The summed E-state index contributed by atoms with van der Waals surface area (Å²) in [5.74, 6) is 0.0357.